The molecule has 2 heterocycles. The second-order valence-corrected chi connectivity index (χ2v) is 9.39. The van der Waals surface area contributed by atoms with Crippen molar-refractivity contribution in [3.63, 3.8) is 0 Å². The molecule has 5 rings (SSSR count). The quantitative estimate of drug-likeness (QED) is 0.611. The van der Waals surface area contributed by atoms with E-state index in [0.717, 1.165) is 34.5 Å². The molecule has 6 nitrogen and oxygen atoms in total. The van der Waals surface area contributed by atoms with Gasteiger partial charge in [-0.3, -0.25) is 9.59 Å². The van der Waals surface area contributed by atoms with Gasteiger partial charge in [-0.25, -0.2) is 4.68 Å². The number of amides is 1. The fraction of sp³-hybridized carbons (Fsp3) is 0.269. The molecule has 0 saturated carbocycles. The molecule has 1 aromatic heterocycles. The van der Waals surface area contributed by atoms with Crippen LogP contribution in [0.15, 0.2) is 72.1 Å². The zero-order chi connectivity index (χ0) is 22.5. The molecule has 0 unspecified atom stereocenters. The van der Waals surface area contributed by atoms with E-state index in [0.29, 0.717) is 17.8 Å². The molecule has 3 aromatic rings. The summed E-state index contributed by atoms with van der Waals surface area (Å²) in [6.07, 6.45) is 2.81. The van der Waals surface area contributed by atoms with Gasteiger partial charge in [-0.15, -0.1) is 0 Å². The number of anilines is 2. The number of nitrogens with one attached hydrogen (secondary N) is 2. The minimum Gasteiger partial charge on any atom is -0.343 e. The van der Waals surface area contributed by atoms with E-state index in [-0.39, 0.29) is 23.1 Å². The highest BCUT2D eigenvalue weighted by atomic mass is 16.1. The van der Waals surface area contributed by atoms with E-state index in [9.17, 15) is 9.59 Å². The van der Waals surface area contributed by atoms with Crippen molar-refractivity contribution in [2.24, 2.45) is 5.41 Å². The van der Waals surface area contributed by atoms with Crippen molar-refractivity contribution >= 4 is 23.2 Å². The van der Waals surface area contributed by atoms with Crippen LogP contribution in [0.25, 0.3) is 0 Å². The van der Waals surface area contributed by atoms with E-state index in [2.05, 4.69) is 29.6 Å². The number of rotatable bonds is 3. The SMILES string of the molecule is Cc1ccccc1NC(=O)c1cnn2c1NC1=C(C(=O)CC(C)(C)C1)[C@@H]2c1ccccc1. The first kappa shape index (κ1) is 20.2. The van der Waals surface area contributed by atoms with Gasteiger partial charge >= 0.3 is 0 Å². The fourth-order valence-electron chi connectivity index (χ4n) is 4.72. The third-order valence-electron chi connectivity index (χ3n) is 6.26. The molecule has 2 aliphatic rings. The van der Waals surface area contributed by atoms with E-state index in [4.69, 9.17) is 0 Å². The molecule has 1 atom stereocenters. The number of aryl methyl sites for hydroxylation is 1. The van der Waals surface area contributed by atoms with Crippen molar-refractivity contribution in [1.82, 2.24) is 9.78 Å². The maximum atomic E-state index is 13.2. The van der Waals surface area contributed by atoms with Gasteiger partial charge in [-0.05, 0) is 36.0 Å². The van der Waals surface area contributed by atoms with Crippen LogP contribution in [0, 0.1) is 12.3 Å². The zero-order valence-electron chi connectivity index (χ0n) is 18.5. The number of hydrogen-bond donors (Lipinski definition) is 2. The highest BCUT2D eigenvalue weighted by Gasteiger charge is 2.42. The van der Waals surface area contributed by atoms with Crippen molar-refractivity contribution in [3.05, 3.63) is 88.8 Å². The number of hydrogen-bond acceptors (Lipinski definition) is 4. The van der Waals surface area contributed by atoms with Gasteiger partial charge in [0.05, 0.1) is 6.20 Å². The molecule has 0 bridgehead atoms. The Morgan fingerprint density at radius 1 is 1.09 bits per heavy atom. The van der Waals surface area contributed by atoms with E-state index in [1.54, 1.807) is 10.9 Å². The predicted octanol–water partition coefficient (Wildman–Crippen LogP) is 5.10. The second-order valence-electron chi connectivity index (χ2n) is 9.39. The highest BCUT2D eigenvalue weighted by molar-refractivity contribution is 6.08. The van der Waals surface area contributed by atoms with E-state index < -0.39 is 0 Å². The number of Topliss-reactive ketones (excluding diaryl/α,β-unsaturated/α-hetero) is 1. The van der Waals surface area contributed by atoms with Crippen LogP contribution >= 0.6 is 0 Å². The summed E-state index contributed by atoms with van der Waals surface area (Å²) in [6.45, 7) is 6.16. The van der Waals surface area contributed by atoms with Crippen LogP contribution < -0.4 is 10.6 Å². The van der Waals surface area contributed by atoms with Gasteiger partial charge in [0, 0.05) is 23.4 Å². The number of fused-ring (bicyclic) bond motifs is 1. The topological polar surface area (TPSA) is 76.0 Å². The van der Waals surface area contributed by atoms with Crippen LogP contribution in [0.4, 0.5) is 11.5 Å². The van der Waals surface area contributed by atoms with Gasteiger partial charge in [0.1, 0.15) is 17.4 Å². The van der Waals surface area contributed by atoms with Crippen LogP contribution in [-0.2, 0) is 4.79 Å². The first-order chi connectivity index (χ1) is 15.3. The first-order valence-corrected chi connectivity index (χ1v) is 10.9. The van der Waals surface area contributed by atoms with E-state index in [1.807, 2.05) is 61.5 Å². The molecule has 2 N–H and O–H groups in total. The summed E-state index contributed by atoms with van der Waals surface area (Å²) >= 11 is 0. The van der Waals surface area contributed by atoms with Crippen LogP contribution in [0.3, 0.4) is 0 Å². The Morgan fingerprint density at radius 3 is 2.56 bits per heavy atom. The maximum Gasteiger partial charge on any atom is 0.261 e. The summed E-state index contributed by atoms with van der Waals surface area (Å²) in [5.41, 5.74) is 4.68. The van der Waals surface area contributed by atoms with Crippen LogP contribution in [0.5, 0.6) is 0 Å². The molecule has 0 fully saturated rings. The molecule has 0 spiro atoms. The number of para-hydroxylation sites is 1. The number of benzene rings is 2. The zero-order valence-corrected chi connectivity index (χ0v) is 18.5. The van der Waals surface area contributed by atoms with Gasteiger partial charge in [0.2, 0.25) is 0 Å². The number of allylic oxidation sites excluding steroid dienone is 2. The lowest BCUT2D eigenvalue weighted by Crippen LogP contribution is -2.36. The Labute approximate surface area is 187 Å². The second kappa shape index (κ2) is 7.48. The molecule has 6 heteroatoms. The van der Waals surface area contributed by atoms with E-state index in [1.165, 1.54) is 0 Å². The minimum atomic E-state index is -0.355. The Morgan fingerprint density at radius 2 is 1.81 bits per heavy atom. The summed E-state index contributed by atoms with van der Waals surface area (Å²) < 4.78 is 1.77. The number of aromatic nitrogens is 2. The third-order valence-corrected chi connectivity index (χ3v) is 6.26. The lowest BCUT2D eigenvalue weighted by Gasteiger charge is -2.39. The Kier molecular flexibility index (Phi) is 4.73. The molecule has 2 aromatic carbocycles. The Hall–Kier alpha value is -3.67. The van der Waals surface area contributed by atoms with Crippen molar-refractivity contribution in [3.8, 4) is 0 Å². The number of nitrogens with zero attached hydrogens (tertiary/aromatic N) is 2. The summed E-state index contributed by atoms with van der Waals surface area (Å²) in [4.78, 5) is 26.4. The average molecular weight is 427 g/mol. The lowest BCUT2D eigenvalue weighted by molar-refractivity contribution is -0.118. The Balaban J connectivity index is 1.60. The van der Waals surface area contributed by atoms with Gasteiger partial charge in [0.25, 0.3) is 5.91 Å². The maximum absolute atomic E-state index is 13.2. The summed E-state index contributed by atoms with van der Waals surface area (Å²) in [5, 5.41) is 11.0. The molecule has 162 valence electrons. The van der Waals surface area contributed by atoms with Crippen molar-refractivity contribution in [1.29, 1.82) is 0 Å². The Bertz CT molecular complexity index is 1250. The van der Waals surface area contributed by atoms with Crippen LogP contribution in [0.2, 0.25) is 0 Å². The van der Waals surface area contributed by atoms with E-state index >= 15 is 0 Å². The predicted molar refractivity (Wildman–Crippen MR) is 125 cm³/mol. The highest BCUT2D eigenvalue weighted by Crippen LogP contribution is 2.46. The van der Waals surface area contributed by atoms with Gasteiger partial charge < -0.3 is 10.6 Å². The monoisotopic (exact) mass is 426 g/mol. The normalized spacial score (nSPS) is 19.1. The van der Waals surface area contributed by atoms with Crippen LogP contribution in [-0.4, -0.2) is 21.5 Å². The summed E-state index contributed by atoms with van der Waals surface area (Å²) in [5.74, 6) is 0.518. The summed E-state index contributed by atoms with van der Waals surface area (Å²) in [7, 11) is 0. The number of ketones is 1. The van der Waals surface area contributed by atoms with Crippen molar-refractivity contribution in [2.75, 3.05) is 10.6 Å². The van der Waals surface area contributed by atoms with Gasteiger partial charge in [-0.2, -0.15) is 5.10 Å². The summed E-state index contributed by atoms with van der Waals surface area (Å²) in [6, 6.07) is 17.2. The van der Waals surface area contributed by atoms with Crippen molar-refractivity contribution in [2.45, 2.75) is 39.7 Å². The standard InChI is InChI=1S/C26H26N4O2/c1-16-9-7-8-12-19(16)29-25(32)18-15-27-30-23(17-10-5-4-6-11-17)22-20(28-24(18)30)13-26(2,3)14-21(22)31/h4-12,15,23,28H,13-14H2,1-3H3,(H,29,32)/t23-/m0/s1. The number of carbonyl (C=O) groups excluding carboxylic acids is 2. The van der Waals surface area contributed by atoms with Crippen LogP contribution in [0.1, 0.15) is 54.2 Å². The van der Waals surface area contributed by atoms with Gasteiger partial charge in [0.15, 0.2) is 5.78 Å². The molecule has 1 aliphatic carbocycles. The molecule has 0 radical (unpaired) electrons. The smallest absolute Gasteiger partial charge is 0.261 e. The molecule has 1 amide bonds. The van der Waals surface area contributed by atoms with Crippen molar-refractivity contribution < 1.29 is 9.59 Å². The minimum absolute atomic E-state index is 0.129. The van der Waals surface area contributed by atoms with Gasteiger partial charge in [-0.1, -0.05) is 62.4 Å². The number of carbonyl (C=O) groups is 2. The first-order valence-electron chi connectivity index (χ1n) is 10.9. The average Bonchev–Trinajstić information content (AvgIpc) is 3.17. The molecular formula is C26H26N4O2. The fourth-order valence-corrected chi connectivity index (χ4v) is 4.72. The molecular weight excluding hydrogens is 400 g/mol. The lowest BCUT2D eigenvalue weighted by atomic mass is 9.73. The molecule has 32 heavy (non-hydrogen) atoms. The third kappa shape index (κ3) is 3.42. The molecule has 0 saturated heterocycles. The largest absolute Gasteiger partial charge is 0.343 e. The molecule has 1 aliphatic heterocycles.